The fourth-order valence-corrected chi connectivity index (χ4v) is 2.35. The molecule has 88 valence electrons. The highest BCUT2D eigenvalue weighted by atomic mass is 16.5. The van der Waals surface area contributed by atoms with Gasteiger partial charge in [-0.25, -0.2) is 0 Å². The second-order valence-corrected chi connectivity index (χ2v) is 4.44. The molecule has 16 heavy (non-hydrogen) atoms. The second-order valence-electron chi connectivity index (χ2n) is 4.44. The molecule has 0 fully saturated rings. The van der Waals surface area contributed by atoms with Gasteiger partial charge in [0.15, 0.2) is 0 Å². The van der Waals surface area contributed by atoms with Crippen molar-refractivity contribution in [2.45, 2.75) is 25.8 Å². The molecule has 3 nitrogen and oxygen atoms in total. The Kier molecular flexibility index (Phi) is 3.34. The molecular formula is C13H20N2O. The first kappa shape index (κ1) is 11.3. The zero-order valence-electron chi connectivity index (χ0n) is 10.3. The Morgan fingerprint density at radius 2 is 2.31 bits per heavy atom. The molecule has 0 radical (unpaired) electrons. The van der Waals surface area contributed by atoms with Gasteiger partial charge >= 0.3 is 0 Å². The van der Waals surface area contributed by atoms with Crippen molar-refractivity contribution in [3.63, 3.8) is 0 Å². The molecule has 1 aliphatic rings. The number of likely N-dealkylation sites (N-methyl/N-ethyl adjacent to an activating group) is 1. The van der Waals surface area contributed by atoms with Gasteiger partial charge in [0.25, 0.3) is 0 Å². The molecule has 1 atom stereocenters. The Labute approximate surface area is 97.2 Å². The molecule has 0 aromatic heterocycles. The monoisotopic (exact) mass is 220 g/mol. The van der Waals surface area contributed by atoms with Crippen molar-refractivity contribution < 1.29 is 4.74 Å². The van der Waals surface area contributed by atoms with E-state index in [-0.39, 0.29) is 0 Å². The average Bonchev–Trinajstić information content (AvgIpc) is 2.29. The van der Waals surface area contributed by atoms with E-state index in [1.165, 1.54) is 23.2 Å². The van der Waals surface area contributed by atoms with Crippen molar-refractivity contribution >= 4 is 5.69 Å². The summed E-state index contributed by atoms with van der Waals surface area (Å²) >= 11 is 0. The van der Waals surface area contributed by atoms with E-state index in [9.17, 15) is 0 Å². The van der Waals surface area contributed by atoms with Crippen LogP contribution in [0.2, 0.25) is 0 Å². The quantitative estimate of drug-likeness (QED) is 0.817. The van der Waals surface area contributed by atoms with Crippen LogP contribution in [0.25, 0.3) is 0 Å². The van der Waals surface area contributed by atoms with E-state index < -0.39 is 0 Å². The van der Waals surface area contributed by atoms with Gasteiger partial charge in [-0.1, -0.05) is 6.07 Å². The average molecular weight is 220 g/mol. The largest absolute Gasteiger partial charge is 0.495 e. The minimum Gasteiger partial charge on any atom is -0.495 e. The number of benzene rings is 1. The third-order valence-electron chi connectivity index (χ3n) is 3.11. The number of nitrogens with one attached hydrogen (secondary N) is 2. The Hall–Kier alpha value is -1.22. The number of hydrogen-bond donors (Lipinski definition) is 2. The van der Waals surface area contributed by atoms with Crippen molar-refractivity contribution in [1.82, 2.24) is 5.32 Å². The second kappa shape index (κ2) is 4.74. The van der Waals surface area contributed by atoms with Crippen LogP contribution in [-0.4, -0.2) is 26.7 Å². The van der Waals surface area contributed by atoms with Crippen LogP contribution in [0.5, 0.6) is 5.75 Å². The predicted octanol–water partition coefficient (Wildman–Crippen LogP) is 1.95. The fourth-order valence-electron chi connectivity index (χ4n) is 2.35. The van der Waals surface area contributed by atoms with Crippen LogP contribution in [0.4, 0.5) is 5.69 Å². The zero-order chi connectivity index (χ0) is 11.5. The van der Waals surface area contributed by atoms with Crippen LogP contribution >= 0.6 is 0 Å². The van der Waals surface area contributed by atoms with E-state index in [2.05, 4.69) is 29.7 Å². The third-order valence-corrected chi connectivity index (χ3v) is 3.11. The van der Waals surface area contributed by atoms with Gasteiger partial charge in [0.2, 0.25) is 0 Å². The van der Waals surface area contributed by atoms with Crippen molar-refractivity contribution in [1.29, 1.82) is 0 Å². The highest BCUT2D eigenvalue weighted by Gasteiger charge is 2.20. The van der Waals surface area contributed by atoms with Crippen molar-refractivity contribution in [2.75, 3.05) is 26.0 Å². The first-order chi connectivity index (χ1) is 7.74. The third kappa shape index (κ3) is 2.14. The van der Waals surface area contributed by atoms with Gasteiger partial charge < -0.3 is 15.4 Å². The number of rotatable bonds is 3. The SMILES string of the molecule is CNCC1CCc2cc(C)cc(OC)c2N1. The summed E-state index contributed by atoms with van der Waals surface area (Å²) in [5.41, 5.74) is 3.83. The summed E-state index contributed by atoms with van der Waals surface area (Å²) in [4.78, 5) is 0. The van der Waals surface area contributed by atoms with Crippen LogP contribution in [0.1, 0.15) is 17.5 Å². The molecule has 3 heteroatoms. The number of methoxy groups -OCH3 is 1. The van der Waals surface area contributed by atoms with E-state index in [1.54, 1.807) is 7.11 Å². The molecule has 2 rings (SSSR count). The summed E-state index contributed by atoms with van der Waals surface area (Å²) in [5.74, 6) is 0.968. The predicted molar refractivity (Wildman–Crippen MR) is 67.4 cm³/mol. The fraction of sp³-hybridized carbons (Fsp3) is 0.538. The number of aryl methyl sites for hydroxylation is 2. The van der Waals surface area contributed by atoms with Gasteiger partial charge in [-0.2, -0.15) is 0 Å². The van der Waals surface area contributed by atoms with Crippen LogP contribution < -0.4 is 15.4 Å². The van der Waals surface area contributed by atoms with Gasteiger partial charge in [-0.15, -0.1) is 0 Å². The zero-order valence-corrected chi connectivity index (χ0v) is 10.3. The lowest BCUT2D eigenvalue weighted by atomic mass is 9.96. The molecule has 1 unspecified atom stereocenters. The maximum absolute atomic E-state index is 5.44. The lowest BCUT2D eigenvalue weighted by Gasteiger charge is -2.28. The molecular weight excluding hydrogens is 200 g/mol. The number of anilines is 1. The maximum Gasteiger partial charge on any atom is 0.142 e. The van der Waals surface area contributed by atoms with Crippen molar-refractivity contribution in [3.05, 3.63) is 23.3 Å². The molecule has 0 spiro atoms. The minimum absolute atomic E-state index is 0.508. The van der Waals surface area contributed by atoms with Crippen LogP contribution in [0, 0.1) is 6.92 Å². The summed E-state index contributed by atoms with van der Waals surface area (Å²) in [6, 6.07) is 4.85. The van der Waals surface area contributed by atoms with E-state index >= 15 is 0 Å². The number of hydrogen-bond acceptors (Lipinski definition) is 3. The van der Waals surface area contributed by atoms with E-state index in [1.807, 2.05) is 7.05 Å². The van der Waals surface area contributed by atoms with Crippen LogP contribution in [0.3, 0.4) is 0 Å². The van der Waals surface area contributed by atoms with Gasteiger partial charge in [-0.3, -0.25) is 0 Å². The smallest absolute Gasteiger partial charge is 0.142 e. The molecule has 0 saturated carbocycles. The highest BCUT2D eigenvalue weighted by Crippen LogP contribution is 2.34. The van der Waals surface area contributed by atoms with Crippen LogP contribution in [-0.2, 0) is 6.42 Å². The summed E-state index contributed by atoms with van der Waals surface area (Å²) in [7, 11) is 3.72. The Morgan fingerprint density at radius 1 is 1.50 bits per heavy atom. The van der Waals surface area contributed by atoms with Gasteiger partial charge in [0.05, 0.1) is 12.8 Å². The Morgan fingerprint density at radius 3 is 3.00 bits per heavy atom. The summed E-state index contributed by atoms with van der Waals surface area (Å²) in [6.07, 6.45) is 2.31. The molecule has 0 saturated heterocycles. The molecule has 0 bridgehead atoms. The molecule has 1 aliphatic heterocycles. The normalized spacial score (nSPS) is 18.8. The summed E-state index contributed by atoms with van der Waals surface area (Å²) < 4.78 is 5.44. The molecule has 0 aliphatic carbocycles. The van der Waals surface area contributed by atoms with Crippen molar-refractivity contribution in [2.24, 2.45) is 0 Å². The lowest BCUT2D eigenvalue weighted by Crippen LogP contribution is -2.34. The number of fused-ring (bicyclic) bond motifs is 1. The van der Waals surface area contributed by atoms with Gasteiger partial charge in [0.1, 0.15) is 5.75 Å². The molecule has 2 N–H and O–H groups in total. The minimum atomic E-state index is 0.508. The standard InChI is InChI=1S/C13H20N2O/c1-9-6-10-4-5-11(8-14-2)15-13(10)12(7-9)16-3/h6-7,11,14-15H,4-5,8H2,1-3H3. The van der Waals surface area contributed by atoms with Crippen molar-refractivity contribution in [3.8, 4) is 5.75 Å². The van der Waals surface area contributed by atoms with E-state index in [4.69, 9.17) is 4.74 Å². The molecule has 1 heterocycles. The molecule has 1 aromatic rings. The van der Waals surface area contributed by atoms with Gasteiger partial charge in [-0.05, 0) is 44.0 Å². The van der Waals surface area contributed by atoms with Crippen LogP contribution in [0.15, 0.2) is 12.1 Å². The lowest BCUT2D eigenvalue weighted by molar-refractivity contribution is 0.413. The topological polar surface area (TPSA) is 33.3 Å². The van der Waals surface area contributed by atoms with Gasteiger partial charge in [0, 0.05) is 12.6 Å². The molecule has 1 aromatic carbocycles. The first-order valence-corrected chi connectivity index (χ1v) is 5.83. The first-order valence-electron chi connectivity index (χ1n) is 5.83. The Balaban J connectivity index is 2.28. The molecule has 0 amide bonds. The highest BCUT2D eigenvalue weighted by molar-refractivity contribution is 5.65. The Bertz CT molecular complexity index is 359. The maximum atomic E-state index is 5.44. The van der Waals surface area contributed by atoms with E-state index in [0.29, 0.717) is 6.04 Å². The number of ether oxygens (including phenoxy) is 1. The van der Waals surface area contributed by atoms with E-state index in [0.717, 1.165) is 18.7 Å². The summed E-state index contributed by atoms with van der Waals surface area (Å²) in [6.45, 7) is 3.11. The summed E-state index contributed by atoms with van der Waals surface area (Å²) in [5, 5.41) is 6.77.